The monoisotopic (exact) mass is 555 g/mol. The number of ketones is 1. The molecule has 204 valence electrons. The van der Waals surface area contributed by atoms with Crippen molar-refractivity contribution in [3.8, 4) is 33.9 Å². The second kappa shape index (κ2) is 11.5. The number of hydrogen-bond donors (Lipinski definition) is 1. The Morgan fingerprint density at radius 1 is 0.465 bits per heavy atom. The van der Waals surface area contributed by atoms with Crippen molar-refractivity contribution in [1.29, 1.82) is 0 Å². The smallest absolute Gasteiger partial charge is 0.178 e. The number of aromatic nitrogens is 4. The number of carbonyl (C=O) groups excluding carboxylic acids is 1. The summed E-state index contributed by atoms with van der Waals surface area (Å²) in [6, 6.07) is 31.9. The van der Waals surface area contributed by atoms with Crippen molar-refractivity contribution in [3.05, 3.63) is 168 Å². The molecule has 0 amide bonds. The molecule has 1 aliphatic heterocycles. The fraction of sp³-hybridized carbons (Fsp3) is 0. The van der Waals surface area contributed by atoms with E-state index in [1.165, 1.54) is 0 Å². The summed E-state index contributed by atoms with van der Waals surface area (Å²) >= 11 is 0. The highest BCUT2D eigenvalue weighted by Gasteiger charge is 2.18. The normalized spacial score (nSPS) is 14.3. The van der Waals surface area contributed by atoms with Crippen LogP contribution in [-0.4, -0.2) is 25.7 Å². The molecule has 0 unspecified atom stereocenters. The van der Waals surface area contributed by atoms with Crippen molar-refractivity contribution >= 4 is 17.2 Å². The average Bonchev–Trinajstić information content (AvgIpc) is 3.09. The molecule has 1 aliphatic carbocycles. The first kappa shape index (κ1) is 25.9. The summed E-state index contributed by atoms with van der Waals surface area (Å²) in [5.74, 6) is -0.0268. The van der Waals surface area contributed by atoms with Crippen LogP contribution < -0.4 is 5.32 Å². The molecule has 0 saturated carbocycles. The lowest BCUT2D eigenvalue weighted by atomic mass is 9.97. The Bertz CT molecular complexity index is 1910. The number of nitrogens with zero attached hydrogens (tertiary/aromatic N) is 4. The van der Waals surface area contributed by atoms with E-state index >= 15 is 0 Å². The maximum absolute atomic E-state index is 11.8. The second-order valence-electron chi connectivity index (χ2n) is 10.1. The number of rotatable bonds is 5. The van der Waals surface area contributed by atoms with Gasteiger partial charge in [-0.25, -0.2) is 9.97 Å². The summed E-state index contributed by atoms with van der Waals surface area (Å²) in [7, 11) is 0. The first-order valence-corrected chi connectivity index (χ1v) is 13.9. The minimum Gasteiger partial charge on any atom is -0.352 e. The third-order valence-corrected chi connectivity index (χ3v) is 7.14. The van der Waals surface area contributed by atoms with E-state index in [1.807, 2.05) is 97.1 Å². The molecule has 7 rings (SSSR count). The molecule has 6 nitrogen and oxygen atoms in total. The van der Waals surface area contributed by atoms with Crippen LogP contribution in [0.2, 0.25) is 0 Å². The quantitative estimate of drug-likeness (QED) is 0.246. The van der Waals surface area contributed by atoms with Crippen LogP contribution in [0.15, 0.2) is 157 Å². The van der Waals surface area contributed by atoms with E-state index < -0.39 is 0 Å². The Labute approximate surface area is 249 Å². The number of pyridine rings is 4. The number of allylic oxidation sites excluding steroid dienone is 8. The van der Waals surface area contributed by atoms with E-state index in [-0.39, 0.29) is 5.78 Å². The standard InChI is InChI=1S/C37H25N5O/c43-29-17-15-26(16-18-29)28-22-35(31-12-5-7-20-39-31)42-37(24-28)33-14-8-13-32(40-33)36-23-27(25-9-2-1-3-10-25)21-34(41-36)30-11-4-6-19-38-30/h1-24,42H. The Morgan fingerprint density at radius 3 is 1.74 bits per heavy atom. The van der Waals surface area contributed by atoms with Crippen LogP contribution in [0.1, 0.15) is 11.4 Å². The van der Waals surface area contributed by atoms with Gasteiger partial charge in [-0.3, -0.25) is 14.8 Å². The van der Waals surface area contributed by atoms with Gasteiger partial charge in [0.2, 0.25) is 0 Å². The molecule has 1 N–H and O–H groups in total. The Morgan fingerprint density at radius 2 is 1.05 bits per heavy atom. The number of carbonyl (C=O) groups is 1. The van der Waals surface area contributed by atoms with Crippen molar-refractivity contribution in [2.45, 2.75) is 0 Å². The van der Waals surface area contributed by atoms with E-state index in [0.29, 0.717) is 0 Å². The third-order valence-electron chi connectivity index (χ3n) is 7.14. The SMILES string of the molecule is O=C1C=CC(=C2C=C(c3ccccn3)NC(c3cccc(-c4cc(-c5ccccc5)cc(-c5ccccn5)n4)n3)=C2)C=C1. The zero-order chi connectivity index (χ0) is 29.0. The van der Waals surface area contributed by atoms with Crippen LogP contribution in [0.3, 0.4) is 0 Å². The fourth-order valence-electron chi connectivity index (χ4n) is 5.01. The fourth-order valence-corrected chi connectivity index (χ4v) is 5.01. The molecule has 5 aromatic rings. The van der Waals surface area contributed by atoms with E-state index in [2.05, 4.69) is 39.6 Å². The van der Waals surface area contributed by atoms with Gasteiger partial charge in [-0.05, 0) is 95.1 Å². The van der Waals surface area contributed by atoms with Crippen LogP contribution >= 0.6 is 0 Å². The lowest BCUT2D eigenvalue weighted by Crippen LogP contribution is -2.17. The van der Waals surface area contributed by atoms with Crippen LogP contribution in [0.25, 0.3) is 45.3 Å². The topological polar surface area (TPSA) is 80.7 Å². The number of dihydropyridines is 1. The molecule has 0 radical (unpaired) electrons. The predicted octanol–water partition coefficient (Wildman–Crippen LogP) is 7.24. The second-order valence-corrected chi connectivity index (χ2v) is 10.1. The summed E-state index contributed by atoms with van der Waals surface area (Å²) in [6.07, 6.45) is 14.5. The van der Waals surface area contributed by atoms with Gasteiger partial charge in [0.1, 0.15) is 0 Å². The summed E-state index contributed by atoms with van der Waals surface area (Å²) in [4.78, 5) is 31.0. The van der Waals surface area contributed by atoms with Gasteiger partial charge >= 0.3 is 0 Å². The number of nitrogens with one attached hydrogen (secondary N) is 1. The summed E-state index contributed by atoms with van der Waals surface area (Å²) in [5.41, 5.74) is 10.3. The molecule has 4 aromatic heterocycles. The molecule has 0 atom stereocenters. The highest BCUT2D eigenvalue weighted by molar-refractivity contribution is 6.01. The molecule has 5 heterocycles. The van der Waals surface area contributed by atoms with Gasteiger partial charge in [-0.2, -0.15) is 0 Å². The van der Waals surface area contributed by atoms with Crippen LogP contribution in [0.5, 0.6) is 0 Å². The average molecular weight is 556 g/mol. The van der Waals surface area contributed by atoms with Gasteiger partial charge in [-0.15, -0.1) is 0 Å². The van der Waals surface area contributed by atoms with Gasteiger partial charge in [0.05, 0.1) is 45.6 Å². The van der Waals surface area contributed by atoms with Crippen molar-refractivity contribution in [2.24, 2.45) is 0 Å². The van der Waals surface area contributed by atoms with Crippen molar-refractivity contribution < 1.29 is 4.79 Å². The van der Waals surface area contributed by atoms with Gasteiger partial charge in [0.25, 0.3) is 0 Å². The Hall–Kier alpha value is -6.01. The molecule has 2 aliphatic rings. The minimum atomic E-state index is -0.0268. The maximum atomic E-state index is 11.8. The first-order chi connectivity index (χ1) is 21.2. The highest BCUT2D eigenvalue weighted by atomic mass is 16.1. The lowest BCUT2D eigenvalue weighted by molar-refractivity contribution is -0.110. The zero-order valence-electron chi connectivity index (χ0n) is 23.1. The molecular formula is C37H25N5O. The van der Waals surface area contributed by atoms with Gasteiger partial charge < -0.3 is 5.32 Å². The first-order valence-electron chi connectivity index (χ1n) is 13.9. The highest BCUT2D eigenvalue weighted by Crippen LogP contribution is 2.31. The molecule has 0 spiro atoms. The van der Waals surface area contributed by atoms with Crippen LogP contribution in [-0.2, 0) is 4.79 Å². The minimum absolute atomic E-state index is 0.0268. The van der Waals surface area contributed by atoms with Gasteiger partial charge in [0, 0.05) is 12.4 Å². The van der Waals surface area contributed by atoms with E-state index in [4.69, 9.17) is 9.97 Å². The van der Waals surface area contributed by atoms with Crippen LogP contribution in [0.4, 0.5) is 0 Å². The van der Waals surface area contributed by atoms with E-state index in [0.717, 1.165) is 67.8 Å². The van der Waals surface area contributed by atoms with Crippen LogP contribution in [0, 0.1) is 0 Å². The molecule has 0 saturated heterocycles. The number of hydrogen-bond acceptors (Lipinski definition) is 6. The largest absolute Gasteiger partial charge is 0.352 e. The zero-order valence-corrected chi connectivity index (χ0v) is 23.1. The van der Waals surface area contributed by atoms with Crippen molar-refractivity contribution in [2.75, 3.05) is 0 Å². The molecular weight excluding hydrogens is 530 g/mol. The summed E-state index contributed by atoms with van der Waals surface area (Å²) in [6.45, 7) is 0. The van der Waals surface area contributed by atoms with E-state index in [9.17, 15) is 4.79 Å². The predicted molar refractivity (Wildman–Crippen MR) is 170 cm³/mol. The summed E-state index contributed by atoms with van der Waals surface area (Å²) in [5, 5.41) is 3.53. The molecule has 6 heteroatoms. The number of benzene rings is 1. The molecule has 43 heavy (non-hydrogen) atoms. The van der Waals surface area contributed by atoms with E-state index in [1.54, 1.807) is 24.5 Å². The Balaban J connectivity index is 1.33. The molecule has 0 fully saturated rings. The van der Waals surface area contributed by atoms with Gasteiger partial charge in [0.15, 0.2) is 5.78 Å². The Kier molecular flexibility index (Phi) is 6.91. The van der Waals surface area contributed by atoms with Gasteiger partial charge in [-0.1, -0.05) is 60.7 Å². The lowest BCUT2D eigenvalue weighted by Gasteiger charge is -2.20. The summed E-state index contributed by atoms with van der Waals surface area (Å²) < 4.78 is 0. The maximum Gasteiger partial charge on any atom is 0.178 e. The van der Waals surface area contributed by atoms with Crippen molar-refractivity contribution in [3.63, 3.8) is 0 Å². The van der Waals surface area contributed by atoms with Crippen molar-refractivity contribution in [1.82, 2.24) is 25.3 Å². The molecule has 0 bridgehead atoms. The molecule has 1 aromatic carbocycles. The third kappa shape index (κ3) is 5.62.